The van der Waals surface area contributed by atoms with Crippen LogP contribution in [0, 0.1) is 11.7 Å². The van der Waals surface area contributed by atoms with Gasteiger partial charge in [-0.25, -0.2) is 22.9 Å². The first-order valence-electron chi connectivity index (χ1n) is 13.8. The highest BCUT2D eigenvalue weighted by Crippen LogP contribution is 2.28. The molecule has 4 rings (SSSR count). The number of hydrogen-bond donors (Lipinski definition) is 2. The molecule has 0 bridgehead atoms. The molecule has 2 heterocycles. The molecule has 0 atom stereocenters. The van der Waals surface area contributed by atoms with Crippen molar-refractivity contribution in [2.45, 2.75) is 64.4 Å². The van der Waals surface area contributed by atoms with Crippen LogP contribution in [0.5, 0.6) is 0 Å². The molecule has 218 valence electrons. The van der Waals surface area contributed by atoms with E-state index in [1.807, 2.05) is 6.92 Å². The number of rotatable bonds is 12. The van der Waals surface area contributed by atoms with Gasteiger partial charge in [-0.15, -0.1) is 0 Å². The Morgan fingerprint density at radius 3 is 2.59 bits per heavy atom. The van der Waals surface area contributed by atoms with Gasteiger partial charge in [0, 0.05) is 30.3 Å². The van der Waals surface area contributed by atoms with Crippen molar-refractivity contribution < 1.29 is 17.6 Å². The summed E-state index contributed by atoms with van der Waals surface area (Å²) in [5.41, 5.74) is 1.36. The van der Waals surface area contributed by atoms with Crippen LogP contribution in [-0.4, -0.2) is 35.0 Å². The highest BCUT2D eigenvalue weighted by Gasteiger charge is 2.19. The lowest BCUT2D eigenvalue weighted by Gasteiger charge is -2.13. The van der Waals surface area contributed by atoms with Crippen LogP contribution in [0.1, 0.15) is 51.4 Å². The Balaban J connectivity index is 1.66. The number of halogens is 1. The molecule has 3 N–H and O–H groups in total. The average Bonchev–Trinajstić information content (AvgIpc) is 3.26. The molecule has 41 heavy (non-hydrogen) atoms. The van der Waals surface area contributed by atoms with Crippen LogP contribution in [0.2, 0.25) is 0 Å². The van der Waals surface area contributed by atoms with Crippen molar-refractivity contribution in [1.82, 2.24) is 19.4 Å². The van der Waals surface area contributed by atoms with Crippen molar-refractivity contribution >= 4 is 27.0 Å². The lowest BCUT2D eigenvalue weighted by molar-refractivity contribution is -0.121. The summed E-state index contributed by atoms with van der Waals surface area (Å²) in [6.07, 6.45) is 4.77. The number of nitrogens with two attached hydrogens (primary N) is 1. The summed E-state index contributed by atoms with van der Waals surface area (Å²) in [6, 6.07) is 12.3. The van der Waals surface area contributed by atoms with Crippen molar-refractivity contribution in [1.29, 1.82) is 0 Å². The van der Waals surface area contributed by atoms with Gasteiger partial charge >= 0.3 is 0 Å². The second-order valence-corrected chi connectivity index (χ2v) is 12.1. The van der Waals surface area contributed by atoms with Crippen molar-refractivity contribution in [3.63, 3.8) is 0 Å². The van der Waals surface area contributed by atoms with Crippen LogP contribution in [0.15, 0.2) is 64.4 Å². The number of nitrogens with one attached hydrogen (secondary N) is 1. The average molecular weight is 582 g/mol. The summed E-state index contributed by atoms with van der Waals surface area (Å²) in [5, 5.41) is 8.23. The summed E-state index contributed by atoms with van der Waals surface area (Å²) in [7, 11) is -4.01. The summed E-state index contributed by atoms with van der Waals surface area (Å²) >= 11 is 0. The van der Waals surface area contributed by atoms with Gasteiger partial charge in [-0.2, -0.15) is 0 Å². The first kappa shape index (κ1) is 30.1. The molecule has 4 aromatic rings. The van der Waals surface area contributed by atoms with Gasteiger partial charge < -0.3 is 14.5 Å². The number of nitrogens with zero attached hydrogens (tertiary/aromatic N) is 3. The second-order valence-electron chi connectivity index (χ2n) is 10.6. The molecule has 11 heteroatoms. The highest BCUT2D eigenvalue weighted by molar-refractivity contribution is 7.89. The third kappa shape index (κ3) is 7.09. The standard InChI is InChI=1S/C30H36FN5O4S/c1-4-8-27-34-25-14-16-35(19-28(37)33-15-7-9-20(2)3)30(38)29(25)36(27)18-22-13-12-21(17-24(22)31)23-10-5-6-11-26(23)41(32,39)40/h5-6,10-14,16-17,20H,4,7-9,15,18-19H2,1-3H3,(H,33,37)(H2,32,39,40). The van der Waals surface area contributed by atoms with E-state index in [9.17, 15) is 18.0 Å². The molecule has 2 aromatic heterocycles. The number of primary sulfonamides is 1. The van der Waals surface area contributed by atoms with Crippen molar-refractivity contribution in [2.75, 3.05) is 6.54 Å². The first-order chi connectivity index (χ1) is 19.5. The summed E-state index contributed by atoms with van der Waals surface area (Å²) in [6.45, 7) is 6.70. The van der Waals surface area contributed by atoms with E-state index in [4.69, 9.17) is 5.14 Å². The Bertz CT molecular complexity index is 1730. The third-order valence-corrected chi connectivity index (χ3v) is 7.87. The number of pyridine rings is 1. The number of fused-ring (bicyclic) bond motifs is 1. The van der Waals surface area contributed by atoms with E-state index in [1.54, 1.807) is 47.2 Å². The van der Waals surface area contributed by atoms with Gasteiger partial charge in [0.2, 0.25) is 15.9 Å². The number of sulfonamides is 1. The molecule has 1 amide bonds. The molecular weight excluding hydrogens is 545 g/mol. The number of benzene rings is 2. The first-order valence-corrected chi connectivity index (χ1v) is 15.3. The maximum atomic E-state index is 15.5. The van der Waals surface area contributed by atoms with Gasteiger partial charge in [0.1, 0.15) is 23.7 Å². The fourth-order valence-corrected chi connectivity index (χ4v) is 5.61. The molecule has 0 saturated carbocycles. The predicted molar refractivity (Wildman–Crippen MR) is 157 cm³/mol. The number of carbonyl (C=O) groups is 1. The maximum absolute atomic E-state index is 15.5. The van der Waals surface area contributed by atoms with E-state index in [0.717, 1.165) is 19.3 Å². The number of carbonyl (C=O) groups excluding carboxylic acids is 1. The predicted octanol–water partition coefficient (Wildman–Crippen LogP) is 4.20. The van der Waals surface area contributed by atoms with Crippen LogP contribution < -0.4 is 16.0 Å². The highest BCUT2D eigenvalue weighted by atomic mass is 32.2. The maximum Gasteiger partial charge on any atom is 0.277 e. The summed E-state index contributed by atoms with van der Waals surface area (Å²) < 4.78 is 42.6. The Labute approximate surface area is 239 Å². The molecule has 0 aliphatic carbocycles. The van der Waals surface area contributed by atoms with Crippen LogP contribution in [0.4, 0.5) is 4.39 Å². The zero-order valence-electron chi connectivity index (χ0n) is 23.6. The minimum absolute atomic E-state index is 0.0371. The molecule has 9 nitrogen and oxygen atoms in total. The van der Waals surface area contributed by atoms with Crippen molar-refractivity contribution in [2.24, 2.45) is 11.1 Å². The number of amides is 1. The lowest BCUT2D eigenvalue weighted by Crippen LogP contribution is -2.33. The van der Waals surface area contributed by atoms with Gasteiger partial charge in [-0.1, -0.05) is 51.1 Å². The van der Waals surface area contributed by atoms with Crippen molar-refractivity contribution in [3.05, 3.63) is 82.3 Å². The SMILES string of the molecule is CCCc1nc2ccn(CC(=O)NCCCC(C)C)c(=O)c2n1Cc1ccc(-c2ccccc2S(N)(=O)=O)cc1F. The summed E-state index contributed by atoms with van der Waals surface area (Å²) in [4.78, 5) is 30.6. The molecule has 0 aliphatic rings. The van der Waals surface area contributed by atoms with Gasteiger partial charge in [0.15, 0.2) is 0 Å². The molecule has 0 fully saturated rings. The second kappa shape index (κ2) is 12.8. The van der Waals surface area contributed by atoms with E-state index in [-0.39, 0.29) is 29.5 Å². The van der Waals surface area contributed by atoms with Gasteiger partial charge in [0.05, 0.1) is 17.0 Å². The zero-order chi connectivity index (χ0) is 29.7. The van der Waals surface area contributed by atoms with E-state index in [2.05, 4.69) is 24.1 Å². The van der Waals surface area contributed by atoms with Crippen LogP contribution in [0.3, 0.4) is 0 Å². The molecular formula is C30H36FN5O4S. The minimum Gasteiger partial charge on any atom is -0.355 e. The van der Waals surface area contributed by atoms with Crippen molar-refractivity contribution in [3.8, 4) is 11.1 Å². The molecule has 0 unspecified atom stereocenters. The van der Waals surface area contributed by atoms with Gasteiger partial charge in [-0.05, 0) is 48.9 Å². The largest absolute Gasteiger partial charge is 0.355 e. The third-order valence-electron chi connectivity index (χ3n) is 6.90. The fourth-order valence-electron chi connectivity index (χ4n) is 4.85. The Kier molecular flexibility index (Phi) is 9.39. The molecule has 0 saturated heterocycles. The molecule has 2 aromatic carbocycles. The van der Waals surface area contributed by atoms with Crippen LogP contribution in [-0.2, 0) is 34.3 Å². The van der Waals surface area contributed by atoms with E-state index in [0.29, 0.717) is 52.4 Å². The van der Waals surface area contributed by atoms with E-state index < -0.39 is 15.8 Å². The normalized spacial score (nSPS) is 11.9. The lowest BCUT2D eigenvalue weighted by atomic mass is 10.0. The quantitative estimate of drug-likeness (QED) is 0.242. The number of hydrogen-bond acceptors (Lipinski definition) is 5. The van der Waals surface area contributed by atoms with Gasteiger partial charge in [0.25, 0.3) is 5.56 Å². The fraction of sp³-hybridized carbons (Fsp3) is 0.367. The zero-order valence-corrected chi connectivity index (χ0v) is 24.4. The molecule has 0 radical (unpaired) electrons. The van der Waals surface area contributed by atoms with Gasteiger partial charge in [-0.3, -0.25) is 9.59 Å². The van der Waals surface area contributed by atoms with Crippen LogP contribution in [0.25, 0.3) is 22.2 Å². The number of aromatic nitrogens is 3. The van der Waals surface area contributed by atoms with E-state index in [1.165, 1.54) is 16.7 Å². The Morgan fingerprint density at radius 2 is 1.90 bits per heavy atom. The molecule has 0 aliphatic heterocycles. The Morgan fingerprint density at radius 1 is 1.15 bits per heavy atom. The minimum atomic E-state index is -4.01. The van der Waals surface area contributed by atoms with E-state index >= 15 is 4.39 Å². The van der Waals surface area contributed by atoms with Crippen LogP contribution >= 0.6 is 0 Å². The Hall–Kier alpha value is -3.83. The monoisotopic (exact) mass is 581 g/mol. The topological polar surface area (TPSA) is 129 Å². The number of aryl methyl sites for hydroxylation is 1. The molecule has 0 spiro atoms. The smallest absolute Gasteiger partial charge is 0.277 e. The summed E-state index contributed by atoms with van der Waals surface area (Å²) in [5.74, 6) is 0.372. The number of imidazole rings is 1.